The van der Waals surface area contributed by atoms with Gasteiger partial charge < -0.3 is 9.88 Å². The molecule has 4 nitrogen and oxygen atoms in total. The molecule has 0 aliphatic carbocycles. The maximum atomic E-state index is 12.8. The lowest BCUT2D eigenvalue weighted by Gasteiger charge is -2.19. The van der Waals surface area contributed by atoms with E-state index in [9.17, 15) is 4.79 Å². The lowest BCUT2D eigenvalue weighted by atomic mass is 9.86. The third kappa shape index (κ3) is 2.70. The molecule has 1 amide bonds. The molecule has 0 atom stereocenters. The molecule has 0 unspecified atom stereocenters. The average Bonchev–Trinajstić information content (AvgIpc) is 3.12. The molecule has 0 saturated carbocycles. The maximum Gasteiger partial charge on any atom is 0.237 e. The predicted octanol–water partition coefficient (Wildman–Crippen LogP) is 4.38. The summed E-state index contributed by atoms with van der Waals surface area (Å²) in [5, 5.41) is 0. The van der Waals surface area contributed by atoms with E-state index in [1.807, 2.05) is 24.8 Å². The van der Waals surface area contributed by atoms with Crippen LogP contribution in [-0.2, 0) is 23.1 Å². The number of carbonyl (C=O) groups excluding carboxylic acids is 1. The molecule has 0 bridgehead atoms. The second-order valence-corrected chi connectivity index (χ2v) is 7.64. The first-order valence-electron chi connectivity index (χ1n) is 9.39. The van der Waals surface area contributed by atoms with Crippen LogP contribution in [0.2, 0.25) is 0 Å². The van der Waals surface area contributed by atoms with Crippen LogP contribution in [0.1, 0.15) is 44.1 Å². The molecule has 1 aliphatic rings. The number of aromatic nitrogens is 2. The number of fused-ring (bicyclic) bond motifs is 2. The first kappa shape index (κ1) is 16.8. The summed E-state index contributed by atoms with van der Waals surface area (Å²) in [5.74, 6) is 1.19. The molecule has 1 aromatic heterocycles. The van der Waals surface area contributed by atoms with Crippen molar-refractivity contribution in [2.45, 2.75) is 45.4 Å². The van der Waals surface area contributed by atoms with Gasteiger partial charge in [-0.05, 0) is 49.9 Å². The summed E-state index contributed by atoms with van der Waals surface area (Å²) < 4.78 is 0. The number of H-pyrrole nitrogens is 1. The molecule has 0 spiro atoms. The van der Waals surface area contributed by atoms with Crippen molar-refractivity contribution < 1.29 is 4.79 Å². The van der Waals surface area contributed by atoms with Crippen molar-refractivity contribution in [2.75, 3.05) is 11.4 Å². The van der Waals surface area contributed by atoms with Crippen LogP contribution >= 0.6 is 0 Å². The molecule has 2 aromatic carbocycles. The number of carbonyl (C=O) groups is 1. The average molecular weight is 347 g/mol. The van der Waals surface area contributed by atoms with Crippen LogP contribution in [0.3, 0.4) is 0 Å². The first-order valence-corrected chi connectivity index (χ1v) is 9.39. The van der Waals surface area contributed by atoms with Crippen molar-refractivity contribution in [3.8, 4) is 0 Å². The summed E-state index contributed by atoms with van der Waals surface area (Å²) in [6, 6.07) is 14.7. The van der Waals surface area contributed by atoms with Crippen molar-refractivity contribution in [3.05, 3.63) is 59.4 Å². The van der Waals surface area contributed by atoms with Crippen LogP contribution < -0.4 is 4.90 Å². The fourth-order valence-corrected chi connectivity index (χ4v) is 3.86. The van der Waals surface area contributed by atoms with Gasteiger partial charge in [0.15, 0.2) is 0 Å². The molecular formula is C22H25N3O. The number of hydrogen-bond acceptors (Lipinski definition) is 2. The number of rotatable bonds is 5. The molecule has 1 aliphatic heterocycles. The van der Waals surface area contributed by atoms with E-state index in [2.05, 4.69) is 48.3 Å². The summed E-state index contributed by atoms with van der Waals surface area (Å²) >= 11 is 0. The van der Waals surface area contributed by atoms with E-state index in [1.165, 1.54) is 5.56 Å². The number of nitrogens with one attached hydrogen (secondary N) is 1. The SMILES string of the molecule is CCCN1C(=O)C(C)(C)c2cc3[nH]c(CCc4ccccc4)nc3cc21. The quantitative estimate of drug-likeness (QED) is 0.744. The molecule has 4 rings (SSSR count). The molecule has 26 heavy (non-hydrogen) atoms. The number of benzene rings is 2. The first-order chi connectivity index (χ1) is 12.5. The molecule has 134 valence electrons. The summed E-state index contributed by atoms with van der Waals surface area (Å²) in [4.78, 5) is 23.0. The van der Waals surface area contributed by atoms with Crippen LogP contribution in [-0.4, -0.2) is 22.4 Å². The highest BCUT2D eigenvalue weighted by molar-refractivity contribution is 6.09. The van der Waals surface area contributed by atoms with Gasteiger partial charge in [-0.15, -0.1) is 0 Å². The molecule has 3 aromatic rings. The Morgan fingerprint density at radius 1 is 1.12 bits per heavy atom. The Morgan fingerprint density at radius 2 is 1.88 bits per heavy atom. The zero-order valence-corrected chi connectivity index (χ0v) is 15.7. The monoisotopic (exact) mass is 347 g/mol. The van der Waals surface area contributed by atoms with Gasteiger partial charge in [0.25, 0.3) is 0 Å². The van der Waals surface area contributed by atoms with Crippen molar-refractivity contribution in [2.24, 2.45) is 0 Å². The van der Waals surface area contributed by atoms with E-state index in [-0.39, 0.29) is 5.91 Å². The predicted molar refractivity (Wildman–Crippen MR) is 106 cm³/mol. The summed E-state index contributed by atoms with van der Waals surface area (Å²) in [7, 11) is 0. The lowest BCUT2D eigenvalue weighted by Crippen LogP contribution is -2.36. The van der Waals surface area contributed by atoms with Crippen molar-refractivity contribution in [1.82, 2.24) is 9.97 Å². The second-order valence-electron chi connectivity index (χ2n) is 7.64. The molecule has 2 heterocycles. The highest BCUT2D eigenvalue weighted by atomic mass is 16.2. The molecular weight excluding hydrogens is 322 g/mol. The Balaban J connectivity index is 1.67. The molecule has 0 radical (unpaired) electrons. The van der Waals surface area contributed by atoms with Crippen LogP contribution in [0.15, 0.2) is 42.5 Å². The standard InChI is InChI=1S/C22H25N3O/c1-4-12-25-19-14-18-17(13-16(19)22(2,3)21(25)26)23-20(24-18)11-10-15-8-6-5-7-9-15/h5-9,13-14H,4,10-12H2,1-3H3,(H,23,24). The van der Waals surface area contributed by atoms with Gasteiger partial charge in [0.1, 0.15) is 5.82 Å². The Kier molecular flexibility index (Phi) is 4.06. The van der Waals surface area contributed by atoms with E-state index in [4.69, 9.17) is 4.98 Å². The number of imidazole rings is 1. The molecule has 1 N–H and O–H groups in total. The Bertz CT molecular complexity index is 956. The van der Waals surface area contributed by atoms with Gasteiger partial charge in [-0.25, -0.2) is 4.98 Å². The third-order valence-electron chi connectivity index (χ3n) is 5.33. The fraction of sp³-hybridized carbons (Fsp3) is 0.364. The summed E-state index contributed by atoms with van der Waals surface area (Å²) in [5.41, 5.74) is 4.92. The molecule has 4 heteroatoms. The van der Waals surface area contributed by atoms with Crippen LogP contribution in [0.5, 0.6) is 0 Å². The van der Waals surface area contributed by atoms with Crippen molar-refractivity contribution >= 4 is 22.6 Å². The Labute approximate surface area is 154 Å². The number of aromatic amines is 1. The molecule has 0 saturated heterocycles. The number of nitrogens with zero attached hydrogens (tertiary/aromatic N) is 2. The van der Waals surface area contributed by atoms with E-state index in [1.54, 1.807) is 0 Å². The minimum atomic E-state index is -0.478. The van der Waals surface area contributed by atoms with E-state index in [0.717, 1.165) is 53.9 Å². The van der Waals surface area contributed by atoms with E-state index >= 15 is 0 Å². The van der Waals surface area contributed by atoms with Crippen LogP contribution in [0.25, 0.3) is 11.0 Å². The number of anilines is 1. The maximum absolute atomic E-state index is 12.8. The second kappa shape index (κ2) is 6.27. The van der Waals surface area contributed by atoms with Crippen molar-refractivity contribution in [1.29, 1.82) is 0 Å². The third-order valence-corrected chi connectivity index (χ3v) is 5.33. The summed E-state index contributed by atoms with van der Waals surface area (Å²) in [6.45, 7) is 6.89. The van der Waals surface area contributed by atoms with Gasteiger partial charge in [-0.2, -0.15) is 0 Å². The minimum absolute atomic E-state index is 0.186. The van der Waals surface area contributed by atoms with Crippen LogP contribution in [0, 0.1) is 0 Å². The Hall–Kier alpha value is -2.62. The topological polar surface area (TPSA) is 49.0 Å². The van der Waals surface area contributed by atoms with E-state index < -0.39 is 5.41 Å². The number of hydrogen-bond donors (Lipinski definition) is 1. The normalized spacial score (nSPS) is 15.7. The number of aryl methyl sites for hydroxylation is 2. The highest BCUT2D eigenvalue weighted by Gasteiger charge is 2.43. The van der Waals surface area contributed by atoms with Gasteiger partial charge in [-0.3, -0.25) is 4.79 Å². The van der Waals surface area contributed by atoms with Gasteiger partial charge >= 0.3 is 0 Å². The van der Waals surface area contributed by atoms with Gasteiger partial charge in [0.2, 0.25) is 5.91 Å². The zero-order valence-electron chi connectivity index (χ0n) is 15.7. The minimum Gasteiger partial charge on any atom is -0.342 e. The van der Waals surface area contributed by atoms with Gasteiger partial charge in [0.05, 0.1) is 22.1 Å². The summed E-state index contributed by atoms with van der Waals surface area (Å²) in [6.07, 6.45) is 2.79. The number of amides is 1. The molecule has 0 fully saturated rings. The smallest absolute Gasteiger partial charge is 0.237 e. The van der Waals surface area contributed by atoms with Gasteiger partial charge in [-0.1, -0.05) is 37.3 Å². The van der Waals surface area contributed by atoms with Crippen LogP contribution in [0.4, 0.5) is 5.69 Å². The van der Waals surface area contributed by atoms with Gasteiger partial charge in [0, 0.05) is 13.0 Å². The lowest BCUT2D eigenvalue weighted by molar-refractivity contribution is -0.122. The Morgan fingerprint density at radius 3 is 2.62 bits per heavy atom. The van der Waals surface area contributed by atoms with E-state index in [0.29, 0.717) is 0 Å². The van der Waals surface area contributed by atoms with Crippen molar-refractivity contribution in [3.63, 3.8) is 0 Å². The largest absolute Gasteiger partial charge is 0.342 e. The zero-order chi connectivity index (χ0) is 18.3. The highest BCUT2D eigenvalue weighted by Crippen LogP contribution is 2.43. The fourth-order valence-electron chi connectivity index (χ4n) is 3.86.